The minimum absolute atomic E-state index is 0.0593. The van der Waals surface area contributed by atoms with Gasteiger partial charge in [-0.15, -0.1) is 10.2 Å². The van der Waals surface area contributed by atoms with E-state index in [4.69, 9.17) is 9.15 Å². The van der Waals surface area contributed by atoms with Gasteiger partial charge < -0.3 is 13.9 Å². The molecule has 0 spiro atoms. The summed E-state index contributed by atoms with van der Waals surface area (Å²) in [6.45, 7) is 0.294. The molecule has 0 N–H and O–H groups in total. The summed E-state index contributed by atoms with van der Waals surface area (Å²) in [6, 6.07) is 3.53. The Balaban J connectivity index is 1.90. The maximum Gasteiger partial charge on any atom is 0.387 e. The Hall–Kier alpha value is -2.63. The molecule has 1 atom stereocenters. The smallest absolute Gasteiger partial charge is 0.387 e. The van der Waals surface area contributed by atoms with Crippen LogP contribution in [0.25, 0.3) is 11.5 Å². The number of benzene rings is 1. The molecule has 12 heteroatoms. The molecule has 0 saturated heterocycles. The third-order valence-electron chi connectivity index (χ3n) is 4.10. The van der Waals surface area contributed by atoms with E-state index in [-0.39, 0.29) is 33.4 Å². The average molecular weight is 479 g/mol. The number of hydrogen-bond acceptors (Lipinski definition) is 6. The van der Waals surface area contributed by atoms with Crippen molar-refractivity contribution in [3.8, 4) is 23.0 Å². The van der Waals surface area contributed by atoms with Crippen LogP contribution in [-0.4, -0.2) is 33.7 Å². The van der Waals surface area contributed by atoms with Crippen molar-refractivity contribution in [1.82, 2.24) is 20.0 Å². The molecule has 1 aromatic carbocycles. The summed E-state index contributed by atoms with van der Waals surface area (Å²) in [5.41, 5.74) is 0.497. The predicted octanol–water partition coefficient (Wildman–Crippen LogP) is 5.16. The molecule has 29 heavy (non-hydrogen) atoms. The van der Waals surface area contributed by atoms with Gasteiger partial charge in [0.05, 0.1) is 17.3 Å². The standard InChI is InChI=1S/C17H15BrF4N4O3/c1-7-12(18)13(14(19)20)25-26(7)8(2)15-23-24-16(29-15)9-4-5-10(28-17(21)22)11(6-9)27-3/h4-6,8,14,17H,1-3H3. The fourth-order valence-corrected chi connectivity index (χ4v) is 3.09. The molecule has 0 fully saturated rings. The van der Waals surface area contributed by atoms with Crippen molar-refractivity contribution >= 4 is 15.9 Å². The third-order valence-corrected chi connectivity index (χ3v) is 5.08. The van der Waals surface area contributed by atoms with Gasteiger partial charge in [-0.2, -0.15) is 13.9 Å². The van der Waals surface area contributed by atoms with Crippen LogP contribution in [0.2, 0.25) is 0 Å². The van der Waals surface area contributed by atoms with E-state index in [1.807, 2.05) is 0 Å². The number of ether oxygens (including phenoxy) is 2. The van der Waals surface area contributed by atoms with Gasteiger partial charge in [0.1, 0.15) is 11.7 Å². The van der Waals surface area contributed by atoms with Gasteiger partial charge in [-0.25, -0.2) is 8.78 Å². The molecule has 0 saturated carbocycles. The molecule has 7 nitrogen and oxygen atoms in total. The normalized spacial score (nSPS) is 12.6. The molecule has 156 valence electrons. The van der Waals surface area contributed by atoms with E-state index in [1.165, 1.54) is 30.0 Å². The Morgan fingerprint density at radius 3 is 2.45 bits per heavy atom. The summed E-state index contributed by atoms with van der Waals surface area (Å²) >= 11 is 3.11. The van der Waals surface area contributed by atoms with Crippen molar-refractivity contribution in [2.45, 2.75) is 32.9 Å². The first-order valence-electron chi connectivity index (χ1n) is 8.22. The fourth-order valence-electron chi connectivity index (χ4n) is 2.66. The first-order valence-corrected chi connectivity index (χ1v) is 9.01. The second kappa shape index (κ2) is 8.39. The lowest BCUT2D eigenvalue weighted by molar-refractivity contribution is -0.0512. The molecule has 2 heterocycles. The van der Waals surface area contributed by atoms with Crippen LogP contribution in [0.4, 0.5) is 17.6 Å². The number of methoxy groups -OCH3 is 1. The van der Waals surface area contributed by atoms with Crippen molar-refractivity contribution in [2.24, 2.45) is 0 Å². The number of rotatable bonds is 7. The predicted molar refractivity (Wildman–Crippen MR) is 96.4 cm³/mol. The van der Waals surface area contributed by atoms with E-state index in [2.05, 4.69) is 36.0 Å². The zero-order valence-electron chi connectivity index (χ0n) is 15.4. The average Bonchev–Trinajstić information content (AvgIpc) is 3.27. The monoisotopic (exact) mass is 478 g/mol. The summed E-state index contributed by atoms with van der Waals surface area (Å²) in [5.74, 6) is 0.137. The fraction of sp³-hybridized carbons (Fsp3) is 0.353. The van der Waals surface area contributed by atoms with Gasteiger partial charge in [-0.05, 0) is 48.0 Å². The van der Waals surface area contributed by atoms with Crippen LogP contribution < -0.4 is 9.47 Å². The number of hydrogen-bond donors (Lipinski definition) is 0. The van der Waals surface area contributed by atoms with Crippen molar-refractivity contribution in [2.75, 3.05) is 7.11 Å². The van der Waals surface area contributed by atoms with E-state index in [1.54, 1.807) is 13.8 Å². The SMILES string of the molecule is COc1cc(-c2nnc(C(C)n3nc(C(F)F)c(Br)c3C)o2)ccc1OC(F)F. The summed E-state index contributed by atoms with van der Waals surface area (Å²) < 4.78 is 67.7. The molecular weight excluding hydrogens is 464 g/mol. The Bertz CT molecular complexity index is 1010. The molecule has 3 rings (SSSR count). The number of nitrogens with zero attached hydrogens (tertiary/aromatic N) is 4. The van der Waals surface area contributed by atoms with Gasteiger partial charge in [-0.1, -0.05) is 0 Å². The maximum absolute atomic E-state index is 13.1. The molecular formula is C17H15BrF4N4O3. The topological polar surface area (TPSA) is 75.2 Å². The summed E-state index contributed by atoms with van der Waals surface area (Å²) in [4.78, 5) is 0. The van der Waals surface area contributed by atoms with Gasteiger partial charge in [0.2, 0.25) is 11.8 Å². The van der Waals surface area contributed by atoms with E-state index >= 15 is 0 Å². The van der Waals surface area contributed by atoms with Crippen molar-refractivity contribution in [3.63, 3.8) is 0 Å². The molecule has 0 radical (unpaired) electrons. The zero-order valence-corrected chi connectivity index (χ0v) is 17.0. The van der Waals surface area contributed by atoms with Crippen molar-refractivity contribution in [3.05, 3.63) is 40.0 Å². The maximum atomic E-state index is 13.1. The lowest BCUT2D eigenvalue weighted by Gasteiger charge is -2.10. The van der Waals surface area contributed by atoms with Crippen LogP contribution in [0, 0.1) is 6.92 Å². The van der Waals surface area contributed by atoms with E-state index in [9.17, 15) is 17.6 Å². The summed E-state index contributed by atoms with van der Waals surface area (Å²) in [5, 5.41) is 11.8. The van der Waals surface area contributed by atoms with Gasteiger partial charge in [0.15, 0.2) is 11.5 Å². The van der Waals surface area contributed by atoms with Crippen LogP contribution in [0.1, 0.15) is 36.7 Å². The Kier molecular flexibility index (Phi) is 6.10. The van der Waals surface area contributed by atoms with Crippen LogP contribution >= 0.6 is 15.9 Å². The molecule has 2 aromatic heterocycles. The molecule has 0 aliphatic heterocycles. The molecule has 0 amide bonds. The highest BCUT2D eigenvalue weighted by Gasteiger charge is 2.26. The minimum Gasteiger partial charge on any atom is -0.493 e. The van der Waals surface area contributed by atoms with E-state index in [0.29, 0.717) is 11.3 Å². The first kappa shape index (κ1) is 21.1. The third kappa shape index (κ3) is 4.21. The second-order valence-electron chi connectivity index (χ2n) is 5.90. The van der Waals surface area contributed by atoms with Gasteiger partial charge >= 0.3 is 6.61 Å². The largest absolute Gasteiger partial charge is 0.493 e. The Morgan fingerprint density at radius 1 is 1.14 bits per heavy atom. The summed E-state index contributed by atoms with van der Waals surface area (Å²) in [6.07, 6.45) is -2.74. The lowest BCUT2D eigenvalue weighted by Crippen LogP contribution is -2.11. The quantitative estimate of drug-likeness (QED) is 0.436. The first-order chi connectivity index (χ1) is 13.7. The molecule has 0 aliphatic rings. The highest BCUT2D eigenvalue weighted by atomic mass is 79.9. The van der Waals surface area contributed by atoms with Gasteiger partial charge in [0.25, 0.3) is 6.43 Å². The molecule has 0 bridgehead atoms. The van der Waals surface area contributed by atoms with E-state index in [0.717, 1.165) is 0 Å². The highest BCUT2D eigenvalue weighted by molar-refractivity contribution is 9.10. The minimum atomic E-state index is -3.00. The van der Waals surface area contributed by atoms with Crippen LogP contribution in [-0.2, 0) is 0 Å². The lowest BCUT2D eigenvalue weighted by atomic mass is 10.2. The number of halogens is 5. The second-order valence-corrected chi connectivity index (χ2v) is 6.69. The van der Waals surface area contributed by atoms with Crippen LogP contribution in [0.5, 0.6) is 11.5 Å². The van der Waals surface area contributed by atoms with Gasteiger partial charge in [-0.3, -0.25) is 4.68 Å². The summed E-state index contributed by atoms with van der Waals surface area (Å²) in [7, 11) is 1.30. The zero-order chi connectivity index (χ0) is 21.3. The molecule has 3 aromatic rings. The van der Waals surface area contributed by atoms with Crippen molar-refractivity contribution < 1.29 is 31.5 Å². The van der Waals surface area contributed by atoms with Crippen molar-refractivity contribution in [1.29, 1.82) is 0 Å². The Morgan fingerprint density at radius 2 is 1.86 bits per heavy atom. The number of aromatic nitrogens is 4. The molecule has 1 unspecified atom stereocenters. The van der Waals surface area contributed by atoms with E-state index < -0.39 is 19.1 Å². The van der Waals surface area contributed by atoms with Crippen LogP contribution in [0.15, 0.2) is 27.1 Å². The highest BCUT2D eigenvalue weighted by Crippen LogP contribution is 2.35. The molecule has 0 aliphatic carbocycles. The Labute approximate surface area is 170 Å². The van der Waals surface area contributed by atoms with Crippen LogP contribution in [0.3, 0.4) is 0 Å². The number of alkyl halides is 4. The van der Waals surface area contributed by atoms with Gasteiger partial charge in [0, 0.05) is 5.56 Å².